The Morgan fingerprint density at radius 3 is 2.47 bits per heavy atom. The molecule has 3 aromatic rings. The second-order valence-corrected chi connectivity index (χ2v) is 10.2. The van der Waals surface area contributed by atoms with Gasteiger partial charge in [0.25, 0.3) is 0 Å². The quantitative estimate of drug-likeness (QED) is 0.513. The van der Waals surface area contributed by atoms with E-state index in [1.165, 1.54) is 15.6 Å². The summed E-state index contributed by atoms with van der Waals surface area (Å²) in [7, 11) is -3.83. The zero-order chi connectivity index (χ0) is 21.1. The summed E-state index contributed by atoms with van der Waals surface area (Å²) in [6, 6.07) is 19.7. The van der Waals surface area contributed by atoms with Crippen molar-refractivity contribution in [3.05, 3.63) is 88.1 Å². The van der Waals surface area contributed by atoms with Crippen LogP contribution in [0.4, 0.5) is 0 Å². The largest absolute Gasteiger partial charge is 0.360 e. The molecule has 5 nitrogen and oxygen atoms in total. The lowest BCUT2D eigenvalue weighted by Crippen LogP contribution is -2.43. The minimum Gasteiger partial charge on any atom is -0.360 e. The Balaban J connectivity index is 1.65. The normalized spacial score (nSPS) is 19.8. The highest BCUT2D eigenvalue weighted by Crippen LogP contribution is 2.31. The molecule has 0 N–H and O–H groups in total. The molecule has 1 fully saturated rings. The average molecular weight is 442 g/mol. The van der Waals surface area contributed by atoms with Crippen molar-refractivity contribution >= 4 is 27.1 Å². The van der Waals surface area contributed by atoms with Gasteiger partial charge in [-0.2, -0.15) is 4.31 Å². The van der Waals surface area contributed by atoms with Crippen LogP contribution in [0.2, 0.25) is 0 Å². The number of Topliss-reactive ketones (excluding diaryl/α,β-unsaturated/α-hetero) is 1. The first-order valence-electron chi connectivity index (χ1n) is 9.77. The summed E-state index contributed by atoms with van der Waals surface area (Å²) in [5, 5.41) is 1.84. The van der Waals surface area contributed by atoms with Crippen LogP contribution in [0.1, 0.15) is 27.2 Å². The van der Waals surface area contributed by atoms with Crippen LogP contribution >= 0.6 is 11.3 Å². The first-order chi connectivity index (χ1) is 14.4. The molecule has 4 rings (SSSR count). The zero-order valence-corrected chi connectivity index (χ0v) is 18.2. The molecule has 0 unspecified atom stereocenters. The fourth-order valence-corrected chi connectivity index (χ4v) is 6.04. The molecular weight excluding hydrogens is 418 g/mol. The van der Waals surface area contributed by atoms with Crippen molar-refractivity contribution in [3.8, 4) is 0 Å². The fraction of sp³-hybridized carbons (Fsp3) is 0.261. The average Bonchev–Trinajstić information content (AvgIpc) is 3.40. The van der Waals surface area contributed by atoms with E-state index >= 15 is 0 Å². The lowest BCUT2D eigenvalue weighted by Gasteiger charge is -2.27. The van der Waals surface area contributed by atoms with E-state index in [1.54, 1.807) is 30.3 Å². The molecule has 7 heteroatoms. The van der Waals surface area contributed by atoms with Gasteiger partial charge >= 0.3 is 0 Å². The van der Waals surface area contributed by atoms with Crippen molar-refractivity contribution in [3.63, 3.8) is 0 Å². The number of sulfonamides is 1. The smallest absolute Gasteiger partial charge is 0.245 e. The number of aryl methyl sites for hydroxylation is 1. The lowest BCUT2D eigenvalue weighted by atomic mass is 10.1. The molecule has 30 heavy (non-hydrogen) atoms. The number of hydrogen-bond acceptors (Lipinski definition) is 5. The maximum Gasteiger partial charge on any atom is 0.245 e. The molecule has 156 valence electrons. The lowest BCUT2D eigenvalue weighted by molar-refractivity contribution is 0.0540. The van der Waals surface area contributed by atoms with Gasteiger partial charge in [-0.25, -0.2) is 8.42 Å². The van der Waals surface area contributed by atoms with Gasteiger partial charge in [0, 0.05) is 0 Å². The molecule has 0 spiro atoms. The third-order valence-corrected chi connectivity index (χ3v) is 8.06. The summed E-state index contributed by atoms with van der Waals surface area (Å²) in [5.74, 6) is -0.112. The van der Waals surface area contributed by atoms with Crippen LogP contribution in [0.25, 0.3) is 0 Å². The van der Waals surface area contributed by atoms with Crippen molar-refractivity contribution in [1.82, 2.24) is 4.31 Å². The van der Waals surface area contributed by atoms with E-state index in [4.69, 9.17) is 4.74 Å². The first-order valence-corrected chi connectivity index (χ1v) is 12.1. The number of benzene rings is 2. The molecule has 0 bridgehead atoms. The van der Waals surface area contributed by atoms with Gasteiger partial charge in [-0.05, 0) is 42.5 Å². The second kappa shape index (κ2) is 8.81. The van der Waals surface area contributed by atoms with Crippen LogP contribution in [-0.2, 0) is 21.2 Å². The molecule has 0 radical (unpaired) electrons. The number of hydrogen-bond donors (Lipinski definition) is 0. The Morgan fingerprint density at radius 1 is 1.07 bits per heavy atom. The summed E-state index contributed by atoms with van der Waals surface area (Å²) in [5.41, 5.74) is 2.01. The highest BCUT2D eigenvalue weighted by atomic mass is 32.2. The fourth-order valence-electron chi connectivity index (χ4n) is 3.67. The van der Waals surface area contributed by atoms with Crippen LogP contribution in [0, 0.1) is 6.92 Å². The van der Waals surface area contributed by atoms with Gasteiger partial charge in [-0.1, -0.05) is 54.1 Å². The van der Waals surface area contributed by atoms with Crippen LogP contribution in [0.5, 0.6) is 0 Å². The Bertz CT molecular complexity index is 1090. The molecule has 0 saturated carbocycles. The molecule has 1 aliphatic rings. The molecule has 0 aliphatic carbocycles. The summed E-state index contributed by atoms with van der Waals surface area (Å²) >= 11 is 1.35. The van der Waals surface area contributed by atoms with Crippen LogP contribution < -0.4 is 0 Å². The Labute approximate surface area is 181 Å². The maximum atomic E-state index is 13.6. The number of carbonyl (C=O) groups excluding carboxylic acids is 1. The Kier molecular flexibility index (Phi) is 6.15. The van der Waals surface area contributed by atoms with E-state index in [-0.39, 0.29) is 29.7 Å². The summed E-state index contributed by atoms with van der Waals surface area (Å²) in [6.07, 6.45) is -0.299. The van der Waals surface area contributed by atoms with Crippen molar-refractivity contribution in [1.29, 1.82) is 0 Å². The molecule has 2 heterocycles. The molecule has 2 atom stereocenters. The van der Waals surface area contributed by atoms with Crippen LogP contribution in [0.15, 0.2) is 77.0 Å². The molecular formula is C23H23NO4S2. The van der Waals surface area contributed by atoms with E-state index in [0.717, 1.165) is 11.1 Å². The minimum atomic E-state index is -3.83. The van der Waals surface area contributed by atoms with Crippen molar-refractivity contribution in [2.75, 3.05) is 6.61 Å². The van der Waals surface area contributed by atoms with E-state index in [9.17, 15) is 13.2 Å². The van der Waals surface area contributed by atoms with E-state index < -0.39 is 16.3 Å². The summed E-state index contributed by atoms with van der Waals surface area (Å²) in [6.45, 7) is 2.17. The van der Waals surface area contributed by atoms with Gasteiger partial charge in [0.1, 0.15) is 6.23 Å². The number of thiophene rings is 1. The van der Waals surface area contributed by atoms with E-state index in [2.05, 4.69) is 0 Å². The van der Waals surface area contributed by atoms with Crippen LogP contribution in [-0.4, -0.2) is 37.4 Å². The topological polar surface area (TPSA) is 63.7 Å². The predicted molar refractivity (Wildman–Crippen MR) is 117 cm³/mol. The first kappa shape index (κ1) is 20.9. The van der Waals surface area contributed by atoms with Gasteiger partial charge in [0.15, 0.2) is 5.78 Å². The van der Waals surface area contributed by atoms with E-state index in [0.29, 0.717) is 11.3 Å². The second-order valence-electron chi connectivity index (χ2n) is 7.38. The third-order valence-electron chi connectivity index (χ3n) is 5.19. The predicted octanol–water partition coefficient (Wildman–Crippen LogP) is 4.29. The van der Waals surface area contributed by atoms with Crippen LogP contribution in [0.3, 0.4) is 0 Å². The molecule has 1 saturated heterocycles. The number of rotatable bonds is 7. The molecule has 2 aromatic carbocycles. The van der Waals surface area contributed by atoms with Gasteiger partial charge in [0.05, 0.1) is 28.8 Å². The van der Waals surface area contributed by atoms with Gasteiger partial charge in [-0.3, -0.25) is 4.79 Å². The Morgan fingerprint density at radius 2 is 1.80 bits per heavy atom. The SMILES string of the molecule is Cc1ccc(S(=O)(=O)N2[C@@H](Cc3ccccc3)CO[C@H]2CC(=O)c2cccs2)cc1. The molecule has 1 aliphatic heterocycles. The third kappa shape index (κ3) is 4.39. The summed E-state index contributed by atoms with van der Waals surface area (Å²) in [4.78, 5) is 13.5. The number of nitrogens with zero attached hydrogens (tertiary/aromatic N) is 1. The summed E-state index contributed by atoms with van der Waals surface area (Å²) < 4.78 is 34.4. The van der Waals surface area contributed by atoms with Gasteiger partial charge < -0.3 is 4.74 Å². The number of carbonyl (C=O) groups is 1. The highest BCUT2D eigenvalue weighted by Gasteiger charge is 2.44. The van der Waals surface area contributed by atoms with E-state index in [1.807, 2.05) is 48.7 Å². The van der Waals surface area contributed by atoms with Crippen molar-refractivity contribution in [2.45, 2.75) is 36.9 Å². The zero-order valence-electron chi connectivity index (χ0n) is 16.6. The molecule has 0 amide bonds. The Hall–Kier alpha value is -2.32. The van der Waals surface area contributed by atoms with Gasteiger partial charge in [0.2, 0.25) is 10.0 Å². The number of ketones is 1. The van der Waals surface area contributed by atoms with Crippen molar-refractivity contribution < 1.29 is 17.9 Å². The van der Waals surface area contributed by atoms with Gasteiger partial charge in [-0.15, -0.1) is 11.3 Å². The maximum absolute atomic E-state index is 13.6. The minimum absolute atomic E-state index is 0.00308. The standard InChI is InChI=1S/C23H23NO4S2/c1-17-9-11-20(12-10-17)30(26,27)24-19(14-18-6-3-2-4-7-18)16-28-23(24)15-21(25)22-8-5-13-29-22/h2-13,19,23H,14-16H2,1H3/t19-,23-/m0/s1. The molecule has 1 aromatic heterocycles. The highest BCUT2D eigenvalue weighted by molar-refractivity contribution is 7.89. The monoisotopic (exact) mass is 441 g/mol. The number of ether oxygens (including phenoxy) is 1. The van der Waals surface area contributed by atoms with Crippen molar-refractivity contribution in [2.24, 2.45) is 0 Å².